The Hall–Kier alpha value is -2.19. The Morgan fingerprint density at radius 3 is 2.43 bits per heavy atom. The Balaban J connectivity index is 1.94. The van der Waals surface area contributed by atoms with Crippen LogP contribution in [-0.4, -0.2) is 62.2 Å². The molecule has 7 nitrogen and oxygen atoms in total. The van der Waals surface area contributed by atoms with Gasteiger partial charge in [-0.25, -0.2) is 22.7 Å². The number of methoxy groups -OCH3 is 1. The highest BCUT2D eigenvalue weighted by Gasteiger charge is 2.34. The molecule has 0 radical (unpaired) electrons. The maximum absolute atomic E-state index is 12.5. The van der Waals surface area contributed by atoms with E-state index < -0.39 is 15.3 Å². The van der Waals surface area contributed by atoms with Gasteiger partial charge in [-0.1, -0.05) is 0 Å². The molecule has 28 heavy (non-hydrogen) atoms. The van der Waals surface area contributed by atoms with E-state index in [1.165, 1.54) is 0 Å². The molecular weight excluding hydrogens is 376 g/mol. The third-order valence-electron chi connectivity index (χ3n) is 5.04. The molecule has 1 aliphatic heterocycles. The quantitative estimate of drug-likeness (QED) is 0.737. The molecule has 0 saturated carbocycles. The summed E-state index contributed by atoms with van der Waals surface area (Å²) in [6, 6.07) is 9.71. The van der Waals surface area contributed by atoms with Gasteiger partial charge in [0.05, 0.1) is 23.7 Å². The lowest BCUT2D eigenvalue weighted by Crippen LogP contribution is -2.34. The highest BCUT2D eigenvalue weighted by atomic mass is 32.2. The van der Waals surface area contributed by atoms with Crippen molar-refractivity contribution in [3.63, 3.8) is 0 Å². The van der Waals surface area contributed by atoms with Gasteiger partial charge in [0.2, 0.25) is 16.0 Å². The van der Waals surface area contributed by atoms with Crippen LogP contribution >= 0.6 is 0 Å². The van der Waals surface area contributed by atoms with E-state index in [1.807, 2.05) is 49.3 Å². The first-order chi connectivity index (χ1) is 13.2. The number of anilines is 1. The summed E-state index contributed by atoms with van der Waals surface area (Å²) in [5.41, 5.74) is 2.67. The van der Waals surface area contributed by atoms with Crippen LogP contribution in [0.4, 0.5) is 5.95 Å². The van der Waals surface area contributed by atoms with Crippen LogP contribution in [-0.2, 0) is 10.0 Å². The maximum Gasteiger partial charge on any atom is 0.225 e. The van der Waals surface area contributed by atoms with Crippen molar-refractivity contribution in [2.45, 2.75) is 31.4 Å². The summed E-state index contributed by atoms with van der Waals surface area (Å²) in [6.07, 6.45) is 0.762. The number of sulfonamides is 1. The van der Waals surface area contributed by atoms with Crippen molar-refractivity contribution in [3.8, 4) is 17.0 Å². The second-order valence-electron chi connectivity index (χ2n) is 7.54. The van der Waals surface area contributed by atoms with Gasteiger partial charge >= 0.3 is 0 Å². The first kappa shape index (κ1) is 20.5. The van der Waals surface area contributed by atoms with E-state index >= 15 is 0 Å². The Morgan fingerprint density at radius 2 is 1.86 bits per heavy atom. The zero-order chi connectivity index (χ0) is 20.5. The minimum Gasteiger partial charge on any atom is -0.497 e. The van der Waals surface area contributed by atoms with Gasteiger partial charge in [-0.2, -0.15) is 0 Å². The zero-order valence-corrected chi connectivity index (χ0v) is 17.9. The second kappa shape index (κ2) is 8.05. The van der Waals surface area contributed by atoms with Crippen LogP contribution in [0, 0.1) is 0 Å². The van der Waals surface area contributed by atoms with Crippen LogP contribution in [0.3, 0.4) is 0 Å². The molecule has 1 aliphatic rings. The fraction of sp³-hybridized carbons (Fsp3) is 0.500. The predicted molar refractivity (Wildman–Crippen MR) is 111 cm³/mol. The SMILES string of the molecule is COc1ccc(-c2cc(C3CCN(S(=O)(=O)C(C)C)C3)nc(N(C)C)n2)cc1. The maximum atomic E-state index is 12.5. The molecule has 1 unspecified atom stereocenters. The van der Waals surface area contributed by atoms with Crippen molar-refractivity contribution < 1.29 is 13.2 Å². The average Bonchev–Trinajstić information content (AvgIpc) is 3.18. The molecule has 1 aromatic heterocycles. The van der Waals surface area contributed by atoms with Crippen molar-refractivity contribution >= 4 is 16.0 Å². The Morgan fingerprint density at radius 1 is 1.18 bits per heavy atom. The topological polar surface area (TPSA) is 75.6 Å². The summed E-state index contributed by atoms with van der Waals surface area (Å²) in [7, 11) is 2.20. The molecule has 1 saturated heterocycles. The van der Waals surface area contributed by atoms with Crippen molar-refractivity contribution in [2.24, 2.45) is 0 Å². The van der Waals surface area contributed by atoms with Crippen LogP contribution in [0.5, 0.6) is 5.75 Å². The van der Waals surface area contributed by atoms with Crippen molar-refractivity contribution in [1.29, 1.82) is 0 Å². The molecule has 1 atom stereocenters. The molecule has 152 valence electrons. The summed E-state index contributed by atoms with van der Waals surface area (Å²) >= 11 is 0. The van der Waals surface area contributed by atoms with Crippen LogP contribution in [0.2, 0.25) is 0 Å². The monoisotopic (exact) mass is 404 g/mol. The van der Waals surface area contributed by atoms with E-state index in [9.17, 15) is 8.42 Å². The molecule has 0 amide bonds. The van der Waals surface area contributed by atoms with E-state index in [2.05, 4.69) is 4.98 Å². The fourth-order valence-electron chi connectivity index (χ4n) is 3.27. The normalized spacial score (nSPS) is 17.9. The van der Waals surface area contributed by atoms with Gasteiger partial charge < -0.3 is 9.64 Å². The van der Waals surface area contributed by atoms with Crippen LogP contribution in [0.25, 0.3) is 11.3 Å². The van der Waals surface area contributed by atoms with Gasteiger partial charge in [-0.3, -0.25) is 0 Å². The summed E-state index contributed by atoms with van der Waals surface area (Å²) in [5.74, 6) is 1.47. The van der Waals surface area contributed by atoms with Gasteiger partial charge in [-0.05, 0) is 50.6 Å². The van der Waals surface area contributed by atoms with Crippen LogP contribution in [0.1, 0.15) is 31.9 Å². The third kappa shape index (κ3) is 4.12. The molecule has 2 heterocycles. The molecule has 1 fully saturated rings. The van der Waals surface area contributed by atoms with Crippen LogP contribution < -0.4 is 9.64 Å². The molecule has 2 aromatic rings. The molecule has 0 N–H and O–H groups in total. The van der Waals surface area contributed by atoms with E-state index in [-0.39, 0.29) is 5.92 Å². The minimum atomic E-state index is -3.25. The summed E-state index contributed by atoms with van der Waals surface area (Å²) in [5, 5.41) is -0.413. The lowest BCUT2D eigenvalue weighted by molar-refractivity contribution is 0.415. The van der Waals surface area contributed by atoms with E-state index in [0.717, 1.165) is 29.1 Å². The molecule has 0 aliphatic carbocycles. The van der Waals surface area contributed by atoms with Crippen molar-refractivity contribution in [2.75, 3.05) is 39.2 Å². The smallest absolute Gasteiger partial charge is 0.225 e. The third-order valence-corrected chi connectivity index (χ3v) is 7.29. The van der Waals surface area contributed by atoms with Gasteiger partial charge in [0.15, 0.2) is 0 Å². The minimum absolute atomic E-state index is 0.0622. The molecule has 8 heteroatoms. The number of aromatic nitrogens is 2. The number of rotatable bonds is 6. The van der Waals surface area contributed by atoms with Gasteiger partial charge in [0.1, 0.15) is 5.75 Å². The Labute approximate surface area is 167 Å². The van der Waals surface area contributed by atoms with Gasteiger partial charge in [0.25, 0.3) is 0 Å². The molecule has 3 rings (SSSR count). The summed E-state index contributed by atoms with van der Waals surface area (Å²) in [4.78, 5) is 11.2. The summed E-state index contributed by atoms with van der Waals surface area (Å²) < 4.78 is 31.8. The first-order valence-corrected chi connectivity index (χ1v) is 10.9. The highest BCUT2D eigenvalue weighted by molar-refractivity contribution is 7.89. The number of hydrogen-bond donors (Lipinski definition) is 0. The molecule has 1 aromatic carbocycles. The molecule has 0 bridgehead atoms. The zero-order valence-electron chi connectivity index (χ0n) is 17.1. The number of hydrogen-bond acceptors (Lipinski definition) is 6. The largest absolute Gasteiger partial charge is 0.497 e. The number of nitrogens with zero attached hydrogens (tertiary/aromatic N) is 4. The number of benzene rings is 1. The van der Waals surface area contributed by atoms with E-state index in [0.29, 0.717) is 19.0 Å². The standard InChI is InChI=1S/C20H28N4O3S/c1-14(2)28(25,26)24-11-10-16(13-24)19-12-18(21-20(22-19)23(3)4)15-6-8-17(27-5)9-7-15/h6-9,12,14,16H,10-11,13H2,1-5H3. The van der Waals surface area contributed by atoms with E-state index in [4.69, 9.17) is 9.72 Å². The Kier molecular flexibility index (Phi) is 5.90. The average molecular weight is 405 g/mol. The molecular formula is C20H28N4O3S. The first-order valence-electron chi connectivity index (χ1n) is 9.42. The van der Waals surface area contributed by atoms with Crippen LogP contribution in [0.15, 0.2) is 30.3 Å². The fourth-order valence-corrected chi connectivity index (χ4v) is 4.61. The number of ether oxygens (including phenoxy) is 1. The lowest BCUT2D eigenvalue weighted by Gasteiger charge is -2.20. The van der Waals surface area contributed by atoms with Gasteiger partial charge in [-0.15, -0.1) is 0 Å². The Bertz CT molecular complexity index is 927. The summed E-state index contributed by atoms with van der Waals surface area (Å²) in [6.45, 7) is 4.44. The molecule has 0 spiro atoms. The van der Waals surface area contributed by atoms with E-state index in [1.54, 1.807) is 25.3 Å². The van der Waals surface area contributed by atoms with Crippen molar-refractivity contribution in [3.05, 3.63) is 36.0 Å². The van der Waals surface area contributed by atoms with Crippen molar-refractivity contribution in [1.82, 2.24) is 14.3 Å². The highest BCUT2D eigenvalue weighted by Crippen LogP contribution is 2.32. The lowest BCUT2D eigenvalue weighted by atomic mass is 10.0. The predicted octanol–water partition coefficient (Wildman–Crippen LogP) is 2.75. The second-order valence-corrected chi connectivity index (χ2v) is 10.0. The van der Waals surface area contributed by atoms with Gasteiger partial charge in [0, 0.05) is 38.7 Å².